The summed E-state index contributed by atoms with van der Waals surface area (Å²) < 4.78 is 2.20. The van der Waals surface area contributed by atoms with Gasteiger partial charge in [-0.1, -0.05) is 70.7 Å². The van der Waals surface area contributed by atoms with E-state index in [9.17, 15) is 0 Å². The van der Waals surface area contributed by atoms with Crippen molar-refractivity contribution in [2.24, 2.45) is 5.73 Å². The molecule has 0 radical (unpaired) electrons. The number of benzene rings is 2. The minimum absolute atomic E-state index is 0.0259. The lowest BCUT2D eigenvalue weighted by Gasteiger charge is -2.39. The molecule has 1 atom stereocenters. The van der Waals surface area contributed by atoms with Crippen molar-refractivity contribution in [3.05, 3.63) is 56.5 Å². The van der Waals surface area contributed by atoms with Crippen LogP contribution >= 0.6 is 31.9 Å². The van der Waals surface area contributed by atoms with Crippen molar-refractivity contribution in [3.8, 4) is 11.1 Å². The van der Waals surface area contributed by atoms with E-state index in [0.29, 0.717) is 0 Å². The van der Waals surface area contributed by atoms with E-state index in [1.165, 1.54) is 28.7 Å². The van der Waals surface area contributed by atoms with E-state index in [1.807, 2.05) is 0 Å². The molecular weight excluding hydrogens is 440 g/mol. The zero-order valence-corrected chi connectivity index (χ0v) is 18.1. The van der Waals surface area contributed by atoms with Crippen molar-refractivity contribution in [1.29, 1.82) is 0 Å². The zero-order chi connectivity index (χ0) is 18.0. The summed E-state index contributed by atoms with van der Waals surface area (Å²) in [5.74, 6) is 0. The Bertz CT molecular complexity index is 706. The molecule has 0 bridgehead atoms. The maximum Gasteiger partial charge on any atom is 0.0856 e. The van der Waals surface area contributed by atoms with Crippen LogP contribution in [0.4, 0.5) is 0 Å². The molecule has 0 saturated carbocycles. The number of fused-ring (bicyclic) bond motifs is 3. The first-order valence-corrected chi connectivity index (χ1v) is 10.7. The van der Waals surface area contributed by atoms with Crippen LogP contribution in [0.15, 0.2) is 45.3 Å². The Morgan fingerprint density at radius 1 is 0.960 bits per heavy atom. The lowest BCUT2D eigenvalue weighted by Crippen LogP contribution is -2.55. The molecule has 3 rings (SSSR count). The molecule has 1 aliphatic carbocycles. The van der Waals surface area contributed by atoms with E-state index in [1.54, 1.807) is 0 Å². The number of halogens is 2. The Kier molecular flexibility index (Phi) is 6.04. The van der Waals surface area contributed by atoms with Crippen LogP contribution in [0.1, 0.15) is 50.7 Å². The van der Waals surface area contributed by atoms with Gasteiger partial charge in [0.1, 0.15) is 0 Å². The smallest absolute Gasteiger partial charge is 0.0856 e. The van der Waals surface area contributed by atoms with Gasteiger partial charge in [-0.3, -0.25) is 0 Å². The third kappa shape index (κ3) is 3.34. The summed E-state index contributed by atoms with van der Waals surface area (Å²) in [5, 5.41) is 3.88. The Morgan fingerprint density at radius 3 is 2.00 bits per heavy atom. The number of nitrogens with one attached hydrogen (secondary N) is 1. The molecule has 4 heteroatoms. The van der Waals surface area contributed by atoms with E-state index < -0.39 is 0 Å². The maximum absolute atomic E-state index is 6.84. The molecule has 1 aliphatic rings. The summed E-state index contributed by atoms with van der Waals surface area (Å²) in [6, 6.07) is 13.2. The van der Waals surface area contributed by atoms with Crippen LogP contribution < -0.4 is 11.1 Å². The van der Waals surface area contributed by atoms with Gasteiger partial charge in [-0.15, -0.1) is 0 Å². The van der Waals surface area contributed by atoms with Crippen molar-refractivity contribution in [2.75, 3.05) is 6.54 Å². The number of rotatable bonds is 7. The average Bonchev–Trinajstić information content (AvgIpc) is 2.85. The lowest BCUT2D eigenvalue weighted by molar-refractivity contribution is 0.317. The largest absolute Gasteiger partial charge is 0.326 e. The second-order valence-corrected chi connectivity index (χ2v) is 8.69. The number of unbranched alkanes of at least 4 members (excludes halogenated alkanes) is 1. The van der Waals surface area contributed by atoms with Crippen LogP contribution in [0.2, 0.25) is 0 Å². The molecule has 25 heavy (non-hydrogen) atoms. The van der Waals surface area contributed by atoms with Gasteiger partial charge in [0.15, 0.2) is 0 Å². The van der Waals surface area contributed by atoms with Gasteiger partial charge in [-0.05, 0) is 65.9 Å². The fourth-order valence-corrected chi connectivity index (χ4v) is 4.73. The number of hydrogen-bond donors (Lipinski definition) is 2. The molecule has 0 aromatic heterocycles. The highest BCUT2D eigenvalue weighted by Crippen LogP contribution is 2.51. The van der Waals surface area contributed by atoms with Crippen molar-refractivity contribution >= 4 is 31.9 Å². The van der Waals surface area contributed by atoms with Gasteiger partial charge in [0, 0.05) is 15.0 Å². The first kappa shape index (κ1) is 19.1. The summed E-state index contributed by atoms with van der Waals surface area (Å²) >= 11 is 7.34. The third-order valence-corrected chi connectivity index (χ3v) is 6.18. The third-order valence-electron chi connectivity index (χ3n) is 5.19. The van der Waals surface area contributed by atoms with E-state index >= 15 is 0 Å². The first-order valence-electron chi connectivity index (χ1n) is 9.15. The first-order chi connectivity index (χ1) is 12.0. The fraction of sp³-hybridized carbons (Fsp3) is 0.429. The van der Waals surface area contributed by atoms with Gasteiger partial charge in [0.2, 0.25) is 0 Å². The standard InChI is InChI=1S/C21H26Br2N2/c1-3-5-11-25-21(20(24)6-4-2)18-12-14(22)7-9-16(18)17-10-8-15(23)13-19(17)21/h7-10,12-13,20,25H,3-6,11,24H2,1-2H3. The highest BCUT2D eigenvalue weighted by atomic mass is 79.9. The Hall–Kier alpha value is -0.680. The van der Waals surface area contributed by atoms with Gasteiger partial charge in [0.05, 0.1) is 5.54 Å². The Morgan fingerprint density at radius 2 is 1.52 bits per heavy atom. The highest BCUT2D eigenvalue weighted by Gasteiger charge is 2.47. The van der Waals surface area contributed by atoms with Gasteiger partial charge < -0.3 is 11.1 Å². The SMILES string of the molecule is CCCCNC1(C(N)CCC)c2cc(Br)ccc2-c2ccc(Br)cc21. The monoisotopic (exact) mass is 464 g/mol. The topological polar surface area (TPSA) is 38.0 Å². The predicted molar refractivity (Wildman–Crippen MR) is 114 cm³/mol. The molecule has 0 fully saturated rings. The van der Waals surface area contributed by atoms with E-state index in [2.05, 4.69) is 87.4 Å². The molecule has 2 nitrogen and oxygen atoms in total. The van der Waals surface area contributed by atoms with Crippen molar-refractivity contribution in [2.45, 2.75) is 51.1 Å². The van der Waals surface area contributed by atoms with E-state index in [4.69, 9.17) is 5.73 Å². The molecule has 1 unspecified atom stereocenters. The number of nitrogens with two attached hydrogens (primary N) is 1. The summed E-state index contributed by atoms with van der Waals surface area (Å²) in [5.41, 5.74) is 11.7. The van der Waals surface area contributed by atoms with Crippen LogP contribution in [0.25, 0.3) is 11.1 Å². The zero-order valence-electron chi connectivity index (χ0n) is 14.9. The minimum Gasteiger partial charge on any atom is -0.326 e. The van der Waals surface area contributed by atoms with Gasteiger partial charge in [-0.25, -0.2) is 0 Å². The Balaban J connectivity index is 2.24. The van der Waals surface area contributed by atoms with Crippen molar-refractivity contribution < 1.29 is 0 Å². The fourth-order valence-electron chi connectivity index (χ4n) is 4.01. The molecule has 0 heterocycles. The van der Waals surface area contributed by atoms with Gasteiger partial charge in [0.25, 0.3) is 0 Å². The van der Waals surface area contributed by atoms with Crippen LogP contribution in [0.5, 0.6) is 0 Å². The van der Waals surface area contributed by atoms with Crippen molar-refractivity contribution in [1.82, 2.24) is 5.32 Å². The van der Waals surface area contributed by atoms with Gasteiger partial charge in [-0.2, -0.15) is 0 Å². The number of hydrogen-bond acceptors (Lipinski definition) is 2. The summed E-state index contributed by atoms with van der Waals surface area (Å²) in [6.45, 7) is 5.40. The second kappa shape index (κ2) is 7.91. The molecule has 0 saturated heterocycles. The highest BCUT2D eigenvalue weighted by molar-refractivity contribution is 9.10. The minimum atomic E-state index is -0.330. The Labute approximate surface area is 167 Å². The predicted octanol–water partition coefficient (Wildman–Crippen LogP) is 5.95. The van der Waals surface area contributed by atoms with Crippen molar-refractivity contribution in [3.63, 3.8) is 0 Å². The van der Waals surface area contributed by atoms with Crippen LogP contribution in [0.3, 0.4) is 0 Å². The summed E-state index contributed by atoms with van der Waals surface area (Å²) in [4.78, 5) is 0. The molecule has 0 amide bonds. The molecule has 2 aromatic carbocycles. The van der Waals surface area contributed by atoms with Crippen LogP contribution in [-0.2, 0) is 5.54 Å². The van der Waals surface area contributed by atoms with E-state index in [0.717, 1.165) is 34.8 Å². The molecule has 3 N–H and O–H groups in total. The van der Waals surface area contributed by atoms with Crippen LogP contribution in [-0.4, -0.2) is 12.6 Å². The molecule has 134 valence electrons. The maximum atomic E-state index is 6.84. The lowest BCUT2D eigenvalue weighted by atomic mass is 9.78. The quantitative estimate of drug-likeness (QED) is 0.495. The molecular formula is C21H26Br2N2. The summed E-state index contributed by atoms with van der Waals surface area (Å²) in [7, 11) is 0. The second-order valence-electron chi connectivity index (χ2n) is 6.86. The van der Waals surface area contributed by atoms with Crippen LogP contribution in [0, 0.1) is 0 Å². The normalized spacial score (nSPS) is 15.7. The average molecular weight is 466 g/mol. The van der Waals surface area contributed by atoms with E-state index in [-0.39, 0.29) is 11.6 Å². The molecule has 0 spiro atoms. The summed E-state index contributed by atoms with van der Waals surface area (Å²) in [6.07, 6.45) is 4.37. The van der Waals surface area contributed by atoms with Gasteiger partial charge >= 0.3 is 0 Å². The molecule has 2 aromatic rings. The molecule has 0 aliphatic heterocycles.